The molecule has 61 heavy (non-hydrogen) atoms. The minimum Gasteiger partial charge on any atom is -0.344 e. The number of alkyl halides is 2. The molecule has 1 aliphatic rings. The summed E-state index contributed by atoms with van der Waals surface area (Å²) in [4.78, 5) is 100. The molecule has 3 rings (SSSR count). The molecule has 22 heteroatoms. The number of rotatable bonds is 22. The number of carbonyl (C=O) groups excluding carboxylic acids is 7. The van der Waals surface area contributed by atoms with Gasteiger partial charge in [0, 0.05) is 28.9 Å². The maximum Gasteiger partial charge on any atom is 0.290 e. The average molecular weight is 918 g/mol. The average Bonchev–Trinajstić information content (AvgIpc) is 3.20. The summed E-state index contributed by atoms with van der Waals surface area (Å²) in [5.74, 6) is -8.34. The highest BCUT2D eigenvalue weighted by molar-refractivity contribution is 7.90. The van der Waals surface area contributed by atoms with Crippen LogP contribution in [-0.4, -0.2) is 96.7 Å². The van der Waals surface area contributed by atoms with Crippen molar-refractivity contribution in [3.63, 3.8) is 0 Å². The highest BCUT2D eigenvalue weighted by Gasteiger charge is 2.37. The smallest absolute Gasteiger partial charge is 0.290 e. The van der Waals surface area contributed by atoms with E-state index in [0.717, 1.165) is 31.4 Å². The molecule has 0 aliphatic heterocycles. The summed E-state index contributed by atoms with van der Waals surface area (Å²) in [5, 5.41) is 11.9. The minimum absolute atomic E-state index is 0.0325. The number of ketones is 1. The van der Waals surface area contributed by atoms with Crippen molar-refractivity contribution >= 4 is 74.5 Å². The van der Waals surface area contributed by atoms with Crippen LogP contribution in [0.4, 0.5) is 8.78 Å². The van der Waals surface area contributed by atoms with Crippen LogP contribution in [0.25, 0.3) is 0 Å². The topological polar surface area (TPSA) is 252 Å². The van der Waals surface area contributed by atoms with Gasteiger partial charge in [-0.3, -0.25) is 38.5 Å². The van der Waals surface area contributed by atoms with Crippen LogP contribution in [0.5, 0.6) is 0 Å². The van der Waals surface area contributed by atoms with Crippen LogP contribution in [0.2, 0.25) is 10.0 Å². The lowest BCUT2D eigenvalue weighted by Gasteiger charge is -2.31. The van der Waals surface area contributed by atoms with Gasteiger partial charge in [0.15, 0.2) is 0 Å². The van der Waals surface area contributed by atoms with Crippen LogP contribution < -0.4 is 31.3 Å². The number of hydrogen-bond acceptors (Lipinski definition) is 11. The number of amides is 6. The van der Waals surface area contributed by atoms with Gasteiger partial charge in [0.05, 0.1) is 17.6 Å². The van der Waals surface area contributed by atoms with Gasteiger partial charge in [-0.15, -0.1) is 0 Å². The van der Waals surface area contributed by atoms with Crippen molar-refractivity contribution in [3.05, 3.63) is 52.5 Å². The van der Waals surface area contributed by atoms with Crippen molar-refractivity contribution < 1.29 is 50.8 Å². The first kappa shape index (κ1) is 50.5. The fourth-order valence-electron chi connectivity index (χ4n) is 6.57. The lowest BCUT2D eigenvalue weighted by atomic mass is 9.84. The van der Waals surface area contributed by atoms with Crippen molar-refractivity contribution in [2.45, 2.75) is 121 Å². The van der Waals surface area contributed by atoms with E-state index < -0.39 is 106 Å². The van der Waals surface area contributed by atoms with E-state index in [0.29, 0.717) is 19.3 Å². The van der Waals surface area contributed by atoms with Gasteiger partial charge in [-0.25, -0.2) is 26.9 Å². The zero-order chi connectivity index (χ0) is 45.4. The summed E-state index contributed by atoms with van der Waals surface area (Å²) in [6, 6.07) is -2.62. The fraction of sp³-hybridized carbons (Fsp3) is 0.564. The Bertz CT molecular complexity index is 1970. The van der Waals surface area contributed by atoms with Gasteiger partial charge in [-0.2, -0.15) is 0 Å². The molecule has 0 radical (unpaired) electrons. The maximum atomic E-state index is 14.0. The number of hydrogen-bond donors (Lipinski definition) is 6. The number of benzene rings is 1. The second kappa shape index (κ2) is 24.0. The number of nitrogens with one attached hydrogen (secondary N) is 6. The van der Waals surface area contributed by atoms with Crippen molar-refractivity contribution in [2.24, 2.45) is 17.8 Å². The Morgan fingerprint density at radius 1 is 0.803 bits per heavy atom. The third-order valence-corrected chi connectivity index (χ3v) is 11.7. The van der Waals surface area contributed by atoms with E-state index in [1.165, 1.54) is 24.7 Å². The van der Waals surface area contributed by atoms with Crippen molar-refractivity contribution in [1.29, 1.82) is 0 Å². The third-order valence-electron chi connectivity index (χ3n) is 9.92. The number of Topliss-reactive ketones (excluding diaryl/α,β-unsaturated/α-hetero) is 1. The summed E-state index contributed by atoms with van der Waals surface area (Å²) in [6.45, 7) is 6.05. The number of nitrogens with zero attached hydrogens (tertiary/aromatic N) is 2. The van der Waals surface area contributed by atoms with Crippen LogP contribution in [0, 0.1) is 17.8 Å². The van der Waals surface area contributed by atoms with Gasteiger partial charge < -0.3 is 26.6 Å². The Labute approximate surface area is 363 Å². The molecule has 5 atom stereocenters. The van der Waals surface area contributed by atoms with Crippen LogP contribution in [0.3, 0.4) is 0 Å². The second-order valence-corrected chi connectivity index (χ2v) is 17.8. The quantitative estimate of drug-likeness (QED) is 0.0936. The third kappa shape index (κ3) is 16.5. The predicted octanol–water partition coefficient (Wildman–Crippen LogP) is 3.24. The Morgan fingerprint density at radius 3 is 2.00 bits per heavy atom. The van der Waals surface area contributed by atoms with Crippen LogP contribution in [0.15, 0.2) is 41.7 Å². The molecule has 1 aromatic carbocycles. The summed E-state index contributed by atoms with van der Waals surface area (Å²) >= 11 is 11.7. The molecule has 1 saturated carbocycles. The molecular weight excluding hydrogens is 865 g/mol. The van der Waals surface area contributed by atoms with Crippen molar-refractivity contribution in [1.82, 2.24) is 41.3 Å². The normalized spacial score (nSPS) is 15.7. The molecule has 1 fully saturated rings. The van der Waals surface area contributed by atoms with E-state index in [1.54, 1.807) is 18.6 Å². The SMILES string of the molecule is CC[C@H](C)[C@H](NC(=O)[C@H](CC(C)C)NC(=O)c1cnccn1)C(=O)N[C@@H](CC1CCCCC1)C(=O)N[C@@H](CC(F)F)C(=O)C(=O)NCC(=O)NS(=O)(=O)c1cc(Cl)cc(Cl)c1. The molecule has 17 nitrogen and oxygen atoms in total. The minimum atomic E-state index is -4.54. The highest BCUT2D eigenvalue weighted by atomic mass is 35.5. The van der Waals surface area contributed by atoms with Gasteiger partial charge in [-0.1, -0.05) is 89.4 Å². The van der Waals surface area contributed by atoms with Crippen LogP contribution in [-0.2, 0) is 38.8 Å². The van der Waals surface area contributed by atoms with Crippen molar-refractivity contribution in [3.8, 4) is 0 Å². The molecule has 0 bridgehead atoms. The lowest BCUT2D eigenvalue weighted by molar-refractivity contribution is -0.141. The first-order valence-electron chi connectivity index (χ1n) is 19.8. The van der Waals surface area contributed by atoms with Crippen LogP contribution in [0.1, 0.15) is 96.0 Å². The first-order valence-corrected chi connectivity index (χ1v) is 22.0. The number of aromatic nitrogens is 2. The molecule has 0 saturated heterocycles. The van der Waals surface area contributed by atoms with Crippen LogP contribution >= 0.6 is 23.2 Å². The first-order chi connectivity index (χ1) is 28.7. The molecule has 1 heterocycles. The molecule has 0 unspecified atom stereocenters. The van der Waals surface area contributed by atoms with Gasteiger partial charge >= 0.3 is 0 Å². The number of halogens is 4. The van der Waals surface area contributed by atoms with E-state index in [2.05, 4.69) is 31.2 Å². The molecule has 1 aliphatic carbocycles. The van der Waals surface area contributed by atoms with Gasteiger partial charge in [0.1, 0.15) is 29.9 Å². The van der Waals surface area contributed by atoms with E-state index in [9.17, 15) is 50.8 Å². The van der Waals surface area contributed by atoms with Gasteiger partial charge in [0.25, 0.3) is 27.7 Å². The Kier molecular flexibility index (Phi) is 19.9. The summed E-state index contributed by atoms with van der Waals surface area (Å²) < 4.78 is 54.5. The monoisotopic (exact) mass is 916 g/mol. The Morgan fingerprint density at radius 2 is 1.43 bits per heavy atom. The van der Waals surface area contributed by atoms with E-state index in [4.69, 9.17) is 23.2 Å². The maximum absolute atomic E-state index is 14.0. The summed E-state index contributed by atoms with van der Waals surface area (Å²) in [6.07, 6.45) is 4.03. The van der Waals surface area contributed by atoms with E-state index >= 15 is 0 Å². The second-order valence-electron chi connectivity index (χ2n) is 15.3. The van der Waals surface area contributed by atoms with Crippen molar-refractivity contribution in [2.75, 3.05) is 6.54 Å². The predicted molar refractivity (Wildman–Crippen MR) is 220 cm³/mol. The molecule has 0 spiro atoms. The van der Waals surface area contributed by atoms with E-state index in [-0.39, 0.29) is 40.4 Å². The zero-order valence-electron chi connectivity index (χ0n) is 34.1. The van der Waals surface area contributed by atoms with E-state index in [1.807, 2.05) is 19.2 Å². The largest absolute Gasteiger partial charge is 0.344 e. The zero-order valence-corrected chi connectivity index (χ0v) is 36.5. The summed E-state index contributed by atoms with van der Waals surface area (Å²) in [7, 11) is -4.54. The molecule has 6 N–H and O–H groups in total. The molecule has 336 valence electrons. The number of carbonyl (C=O) groups is 7. The fourth-order valence-corrected chi connectivity index (χ4v) is 8.28. The standard InChI is InChI=1S/C39H52Cl2F2N8O9S/c1-5-22(4)33(50-36(55)28(13-21(2)3)48-37(56)30-19-44-11-12-45-30)38(57)49-29(14-23-9-7-6-8-10-23)35(54)47-27(18-31(42)43)34(53)39(58)46-20-32(52)51-61(59,60)26-16-24(40)15-25(41)17-26/h11-12,15-17,19,21-23,27-29,31,33H,5-10,13-14,18,20H2,1-4H3,(H,46,58)(H,47,54)(H,48,56)(H,49,57)(H,50,55)(H,51,52)/t22-,27-,28-,29-,33-/m0/s1. The van der Waals surface area contributed by atoms with Gasteiger partial charge in [-0.05, 0) is 48.8 Å². The molecule has 2 aromatic rings. The molecular formula is C39H52Cl2F2N8O9S. The molecule has 1 aromatic heterocycles. The Hall–Kier alpha value is -4.82. The van der Waals surface area contributed by atoms with Gasteiger partial charge in [0.2, 0.25) is 29.9 Å². The summed E-state index contributed by atoms with van der Waals surface area (Å²) in [5.41, 5.74) is -0.0325. The lowest BCUT2D eigenvalue weighted by Crippen LogP contribution is -2.60. The highest BCUT2D eigenvalue weighted by Crippen LogP contribution is 2.28. The number of sulfonamides is 1. The molecule has 6 amide bonds. The Balaban J connectivity index is 1.78.